The van der Waals surface area contributed by atoms with Gasteiger partial charge in [0.2, 0.25) is 0 Å². The molecule has 11 heteroatoms. The van der Waals surface area contributed by atoms with Crippen molar-refractivity contribution >= 4 is 36.5 Å². The Balaban J connectivity index is 0.00000162. The van der Waals surface area contributed by atoms with Crippen LogP contribution in [0.2, 0.25) is 0 Å². The van der Waals surface area contributed by atoms with Crippen molar-refractivity contribution in [3.63, 3.8) is 0 Å². The highest BCUT2D eigenvalue weighted by Crippen LogP contribution is 2.35. The number of halogens is 3. The molecule has 1 aromatic carbocycles. The van der Waals surface area contributed by atoms with E-state index in [1.165, 1.54) is 17.0 Å². The number of benzene rings is 1. The second-order valence-corrected chi connectivity index (χ2v) is 7.60. The molecule has 4 heterocycles. The van der Waals surface area contributed by atoms with E-state index in [1.807, 2.05) is 13.0 Å². The summed E-state index contributed by atoms with van der Waals surface area (Å²) >= 11 is 0. The topological polar surface area (TPSA) is 76.3 Å². The van der Waals surface area contributed by atoms with Gasteiger partial charge in [0.25, 0.3) is 5.91 Å². The lowest BCUT2D eigenvalue weighted by atomic mass is 10.1. The highest BCUT2D eigenvalue weighted by Gasteiger charge is 2.36. The van der Waals surface area contributed by atoms with Crippen molar-refractivity contribution in [2.45, 2.75) is 33.0 Å². The van der Waals surface area contributed by atoms with Gasteiger partial charge in [0.15, 0.2) is 0 Å². The molecule has 0 radical (unpaired) electrons. The van der Waals surface area contributed by atoms with Crippen LogP contribution in [-0.4, -0.2) is 37.9 Å². The van der Waals surface area contributed by atoms with E-state index >= 15 is 0 Å². The van der Waals surface area contributed by atoms with E-state index in [4.69, 9.17) is 0 Å². The summed E-state index contributed by atoms with van der Waals surface area (Å²) in [6, 6.07) is 4.44. The molecule has 0 unspecified atom stereocenters. The van der Waals surface area contributed by atoms with Crippen LogP contribution in [0.5, 0.6) is 0 Å². The van der Waals surface area contributed by atoms with E-state index in [2.05, 4.69) is 20.1 Å². The number of carbonyl (C=O) groups is 1. The number of aliphatic imine (C=N–C) groups is 1. The van der Waals surface area contributed by atoms with E-state index < -0.39 is 11.7 Å². The number of fused-ring (bicyclic) bond motifs is 1. The number of carbonyl (C=O) groups excluding carboxylic acids is 1. The van der Waals surface area contributed by atoms with E-state index in [0.717, 1.165) is 17.8 Å². The zero-order valence-corrected chi connectivity index (χ0v) is 18.4. The number of aromatic nitrogens is 4. The number of amides is 1. The molecule has 3 aromatic rings. The molecule has 0 bridgehead atoms. The minimum atomic E-state index is -4.43. The van der Waals surface area contributed by atoms with Crippen molar-refractivity contribution in [3.05, 3.63) is 77.6 Å². The summed E-state index contributed by atoms with van der Waals surface area (Å²) in [6.45, 7) is 2.20. The number of alkyl halides is 3. The normalized spacial score (nSPS) is 17.4. The predicted molar refractivity (Wildman–Crippen MR) is 128 cm³/mol. The second-order valence-electron chi connectivity index (χ2n) is 7.60. The zero-order valence-electron chi connectivity index (χ0n) is 17.4. The molecule has 7 nitrogen and oxygen atoms in total. The van der Waals surface area contributed by atoms with E-state index in [9.17, 15) is 18.0 Å². The lowest BCUT2D eigenvalue weighted by molar-refractivity contribution is -0.137. The van der Waals surface area contributed by atoms with Crippen molar-refractivity contribution < 1.29 is 18.0 Å². The molecule has 1 atom stereocenters. The Labute approximate surface area is 201 Å². The lowest BCUT2D eigenvalue weighted by Gasteiger charge is -2.32. The fourth-order valence-electron chi connectivity index (χ4n) is 3.91. The number of anilines is 1. The van der Waals surface area contributed by atoms with Gasteiger partial charge in [0, 0.05) is 31.0 Å². The average molecular weight is 489 g/mol. The van der Waals surface area contributed by atoms with Gasteiger partial charge in [-0.05, 0) is 31.2 Å². The summed E-state index contributed by atoms with van der Waals surface area (Å²) in [5.41, 5.74) is 2.59. The van der Waals surface area contributed by atoms with Crippen molar-refractivity contribution in [1.82, 2.24) is 19.7 Å². The quantitative estimate of drug-likeness (QED) is 0.526. The second kappa shape index (κ2) is 9.41. The van der Waals surface area contributed by atoms with Crippen molar-refractivity contribution in [3.8, 4) is 0 Å². The molecule has 0 fully saturated rings. The Morgan fingerprint density at radius 2 is 1.82 bits per heavy atom. The highest BCUT2D eigenvalue weighted by molar-refractivity contribution is 7.59. The maximum atomic E-state index is 13.4. The van der Waals surface area contributed by atoms with Gasteiger partial charge in [0.05, 0.1) is 41.0 Å². The summed E-state index contributed by atoms with van der Waals surface area (Å²) in [5.74, 6) is -0.334. The van der Waals surface area contributed by atoms with Crippen molar-refractivity contribution in [1.29, 1.82) is 0 Å². The summed E-state index contributed by atoms with van der Waals surface area (Å²) in [4.78, 5) is 27.8. The van der Waals surface area contributed by atoms with E-state index in [-0.39, 0.29) is 32.9 Å². The first kappa shape index (κ1) is 25.2. The van der Waals surface area contributed by atoms with Crippen LogP contribution >= 0.6 is 13.5 Å². The minimum Gasteiger partial charge on any atom is -0.305 e. The molecule has 2 aromatic heterocycles. The third kappa shape index (κ3) is 4.35. The van der Waals surface area contributed by atoms with Gasteiger partial charge in [0.1, 0.15) is 11.4 Å². The van der Waals surface area contributed by atoms with Crippen LogP contribution in [0.25, 0.3) is 5.70 Å². The van der Waals surface area contributed by atoms with Crippen LogP contribution in [0, 0.1) is 0 Å². The molecule has 0 N–H and O–H groups in total. The van der Waals surface area contributed by atoms with Crippen molar-refractivity contribution in [2.75, 3.05) is 11.4 Å². The van der Waals surface area contributed by atoms with E-state index in [0.29, 0.717) is 41.3 Å². The first-order valence-electron chi connectivity index (χ1n) is 9.94. The molecule has 2 aliphatic heterocycles. The monoisotopic (exact) mass is 488 g/mol. The Bertz CT molecular complexity index is 1250. The van der Waals surface area contributed by atoms with Gasteiger partial charge in [-0.15, -0.1) is 0 Å². The molecule has 0 aliphatic carbocycles. The average Bonchev–Trinajstić information content (AvgIpc) is 3.44. The summed E-state index contributed by atoms with van der Waals surface area (Å²) in [5, 5.41) is 4.39. The molecular weight excluding hydrogens is 465 g/mol. The molecule has 5 rings (SSSR count). The Morgan fingerprint density at radius 3 is 2.47 bits per heavy atom. The zero-order chi connectivity index (χ0) is 22.5. The largest absolute Gasteiger partial charge is 0.416 e. The molecule has 0 spiro atoms. The predicted octanol–water partition coefficient (Wildman–Crippen LogP) is 4.90. The number of rotatable bonds is 3. The van der Waals surface area contributed by atoms with Crippen LogP contribution in [0.3, 0.4) is 0 Å². The smallest absolute Gasteiger partial charge is 0.305 e. The fraction of sp³-hybridized carbons (Fsp3) is 0.261. The molecule has 1 amide bonds. The van der Waals surface area contributed by atoms with Crippen LogP contribution < -0.4 is 4.90 Å². The number of hydrogen-bond acceptors (Lipinski definition) is 5. The van der Waals surface area contributed by atoms with Gasteiger partial charge in [-0.3, -0.25) is 24.4 Å². The Morgan fingerprint density at radius 1 is 1.09 bits per heavy atom. The van der Waals surface area contributed by atoms with Gasteiger partial charge < -0.3 is 4.90 Å². The van der Waals surface area contributed by atoms with Crippen LogP contribution in [0.1, 0.15) is 54.1 Å². The standard InChI is InChI=1S/C22H17F3N6O.CH4.H2S/c1-13-12-30(15-4-2-14(3-5-15)22(23,24)25)21(32)20-16(10-28-31(13)20)17-6-7-18(29-17)19-11-26-8-9-27-19;;/h2-6,8-11,13H,7,12H2,1H3;1H4;1H2/t13-;;/m0../s1. The van der Waals surface area contributed by atoms with Gasteiger partial charge in [-0.25, -0.2) is 0 Å². The maximum Gasteiger partial charge on any atom is 0.416 e. The van der Waals surface area contributed by atoms with E-state index in [1.54, 1.807) is 29.5 Å². The first-order valence-corrected chi connectivity index (χ1v) is 9.94. The van der Waals surface area contributed by atoms with Gasteiger partial charge in [-0.2, -0.15) is 31.8 Å². The molecule has 178 valence electrons. The Kier molecular flexibility index (Phi) is 6.97. The van der Waals surface area contributed by atoms with Crippen LogP contribution in [0.15, 0.2) is 60.1 Å². The summed E-state index contributed by atoms with van der Waals surface area (Å²) in [7, 11) is 0. The summed E-state index contributed by atoms with van der Waals surface area (Å²) in [6.07, 6.45) is 4.42. The summed E-state index contributed by atoms with van der Waals surface area (Å²) < 4.78 is 40.4. The molecular formula is C23H23F3N6OS. The fourth-order valence-corrected chi connectivity index (χ4v) is 3.91. The Hall–Kier alpha value is -3.47. The number of allylic oxidation sites excluding steroid dienone is 1. The first-order chi connectivity index (χ1) is 15.3. The third-order valence-corrected chi connectivity index (χ3v) is 5.49. The SMILES string of the molecule is C.C[C@H]1CN(c2ccc(C(F)(F)F)cc2)C(=O)c2c(C3=CCC(c4cnccn4)=N3)cnn21.S. The van der Waals surface area contributed by atoms with Crippen LogP contribution in [0.4, 0.5) is 18.9 Å². The minimum absolute atomic E-state index is 0. The number of hydrogen-bond donors (Lipinski definition) is 0. The van der Waals surface area contributed by atoms with Crippen LogP contribution in [-0.2, 0) is 6.18 Å². The molecule has 0 saturated heterocycles. The molecule has 34 heavy (non-hydrogen) atoms. The lowest BCUT2D eigenvalue weighted by Crippen LogP contribution is -2.43. The van der Waals surface area contributed by atoms with Crippen molar-refractivity contribution in [2.24, 2.45) is 4.99 Å². The van der Waals surface area contributed by atoms with Gasteiger partial charge >= 0.3 is 6.18 Å². The third-order valence-electron chi connectivity index (χ3n) is 5.49. The highest BCUT2D eigenvalue weighted by atomic mass is 32.1. The maximum absolute atomic E-state index is 13.4. The molecule has 2 aliphatic rings. The van der Waals surface area contributed by atoms with Gasteiger partial charge in [-0.1, -0.05) is 13.5 Å². The number of nitrogens with zero attached hydrogens (tertiary/aromatic N) is 6. The molecule has 0 saturated carbocycles.